The Labute approximate surface area is 125 Å². The van der Waals surface area contributed by atoms with Crippen molar-refractivity contribution in [3.05, 3.63) is 17.8 Å². The number of hydrogen-bond donors (Lipinski definition) is 1. The average molecular weight is 311 g/mol. The van der Waals surface area contributed by atoms with E-state index in [0.717, 1.165) is 0 Å². The molecular formula is C13H15ClN4O3. The van der Waals surface area contributed by atoms with Crippen molar-refractivity contribution in [2.45, 2.75) is 18.8 Å². The zero-order chi connectivity index (χ0) is 14.6. The van der Waals surface area contributed by atoms with E-state index in [9.17, 15) is 5.11 Å². The minimum absolute atomic E-state index is 0.0659. The first-order chi connectivity index (χ1) is 10.2. The van der Waals surface area contributed by atoms with Gasteiger partial charge in [0.15, 0.2) is 10.8 Å². The van der Waals surface area contributed by atoms with Crippen LogP contribution in [0.25, 0.3) is 11.2 Å². The molecule has 0 saturated carbocycles. The zero-order valence-corrected chi connectivity index (χ0v) is 12.2. The molecule has 4 rings (SSSR count). The first kappa shape index (κ1) is 13.4. The molecule has 4 atom stereocenters. The highest BCUT2D eigenvalue weighted by Crippen LogP contribution is 2.49. The summed E-state index contributed by atoms with van der Waals surface area (Å²) in [5.74, 6) is 0.327. The van der Waals surface area contributed by atoms with E-state index in [4.69, 9.17) is 21.1 Å². The van der Waals surface area contributed by atoms with Crippen molar-refractivity contribution in [1.29, 1.82) is 0 Å². The first-order valence-corrected chi connectivity index (χ1v) is 7.23. The van der Waals surface area contributed by atoms with Gasteiger partial charge in [0.2, 0.25) is 0 Å². The van der Waals surface area contributed by atoms with Crippen molar-refractivity contribution in [2.75, 3.05) is 19.8 Å². The van der Waals surface area contributed by atoms with Crippen LogP contribution in [0.2, 0.25) is 5.15 Å². The summed E-state index contributed by atoms with van der Waals surface area (Å²) in [6.07, 6.45) is 2.80. The van der Waals surface area contributed by atoms with Crippen molar-refractivity contribution in [3.8, 4) is 0 Å². The molecule has 2 fully saturated rings. The summed E-state index contributed by atoms with van der Waals surface area (Å²) in [5.41, 5.74) is 0.532. The van der Waals surface area contributed by atoms with Gasteiger partial charge in [0.25, 0.3) is 0 Å². The molecule has 2 aromatic rings. The van der Waals surface area contributed by atoms with Crippen LogP contribution >= 0.6 is 11.6 Å². The normalized spacial score (nSPS) is 35.5. The van der Waals surface area contributed by atoms with Crippen LogP contribution in [0.15, 0.2) is 12.7 Å². The number of rotatable bonds is 2. The number of hydrogen-bond acceptors (Lipinski definition) is 6. The Morgan fingerprint density at radius 1 is 1.48 bits per heavy atom. The van der Waals surface area contributed by atoms with Gasteiger partial charge >= 0.3 is 0 Å². The summed E-state index contributed by atoms with van der Waals surface area (Å²) < 4.78 is 13.6. The van der Waals surface area contributed by atoms with Crippen molar-refractivity contribution in [1.82, 2.24) is 19.5 Å². The zero-order valence-electron chi connectivity index (χ0n) is 11.4. The number of halogens is 1. The van der Waals surface area contributed by atoms with E-state index in [-0.39, 0.29) is 24.7 Å². The van der Waals surface area contributed by atoms with Crippen molar-refractivity contribution >= 4 is 22.8 Å². The molecule has 112 valence electrons. The van der Waals surface area contributed by atoms with E-state index in [2.05, 4.69) is 21.9 Å². The molecule has 2 aromatic heterocycles. The molecule has 2 bridgehead atoms. The van der Waals surface area contributed by atoms with Gasteiger partial charge in [-0.1, -0.05) is 18.5 Å². The summed E-state index contributed by atoms with van der Waals surface area (Å²) >= 11 is 6.04. The van der Waals surface area contributed by atoms with Gasteiger partial charge in [-0.25, -0.2) is 15.0 Å². The number of aliphatic hydroxyl groups is 1. The lowest BCUT2D eigenvalue weighted by Gasteiger charge is -2.34. The van der Waals surface area contributed by atoms with Crippen LogP contribution in [0.1, 0.15) is 13.2 Å². The van der Waals surface area contributed by atoms with Crippen LogP contribution in [0.5, 0.6) is 0 Å². The van der Waals surface area contributed by atoms with Crippen molar-refractivity contribution in [2.24, 2.45) is 11.8 Å². The number of aromatic nitrogens is 4. The molecule has 2 saturated heterocycles. The van der Waals surface area contributed by atoms with E-state index in [0.29, 0.717) is 29.5 Å². The van der Waals surface area contributed by atoms with E-state index in [1.807, 2.05) is 4.57 Å². The highest BCUT2D eigenvalue weighted by molar-refractivity contribution is 6.33. The Balaban J connectivity index is 1.81. The van der Waals surface area contributed by atoms with Crippen LogP contribution in [0.3, 0.4) is 0 Å². The monoisotopic (exact) mass is 310 g/mol. The molecule has 0 radical (unpaired) electrons. The van der Waals surface area contributed by atoms with Crippen LogP contribution in [0, 0.1) is 11.8 Å². The standard InChI is InChI=1S/C13H15ClN4O3/c1-7-8-2-20-4-13(7,3-19)21-12(8)18-6-17-9-10(14)15-5-16-11(9)18/h5-8,12,19H,2-4H2,1H3/t7-,8?,12+,13+/m1/s1. The first-order valence-electron chi connectivity index (χ1n) is 6.86. The topological polar surface area (TPSA) is 82.3 Å². The van der Waals surface area contributed by atoms with Gasteiger partial charge in [0.1, 0.15) is 23.7 Å². The third-order valence-electron chi connectivity index (χ3n) is 4.71. The van der Waals surface area contributed by atoms with Crippen LogP contribution in [-0.4, -0.2) is 50.0 Å². The van der Waals surface area contributed by atoms with Crippen LogP contribution < -0.4 is 0 Å². The van der Waals surface area contributed by atoms with E-state index < -0.39 is 5.60 Å². The second-order valence-corrected chi connectivity index (χ2v) is 6.05. The number of aliphatic hydroxyl groups excluding tert-OH is 1. The van der Waals surface area contributed by atoms with Gasteiger partial charge in [-0.2, -0.15) is 0 Å². The lowest BCUT2D eigenvalue weighted by molar-refractivity contribution is -0.138. The number of fused-ring (bicyclic) bond motifs is 3. The summed E-state index contributed by atoms with van der Waals surface area (Å²) in [6, 6.07) is 0. The molecule has 21 heavy (non-hydrogen) atoms. The Kier molecular flexibility index (Phi) is 2.94. The highest BCUT2D eigenvalue weighted by Gasteiger charge is 2.56. The quantitative estimate of drug-likeness (QED) is 0.834. The van der Waals surface area contributed by atoms with Crippen LogP contribution in [0.4, 0.5) is 0 Å². The molecule has 0 aliphatic carbocycles. The summed E-state index contributed by atoms with van der Waals surface area (Å²) in [6.45, 7) is 3.01. The van der Waals surface area contributed by atoms with Gasteiger partial charge < -0.3 is 14.6 Å². The fourth-order valence-electron chi connectivity index (χ4n) is 3.33. The molecule has 1 N–H and O–H groups in total. The fraction of sp³-hybridized carbons (Fsp3) is 0.615. The SMILES string of the molecule is C[C@@H]1C2COC[C@]1(CO)O[C@@H]2n1cnc2c(Cl)ncnc21. The van der Waals surface area contributed by atoms with Gasteiger partial charge in [-0.15, -0.1) is 0 Å². The predicted octanol–water partition coefficient (Wildman–Crippen LogP) is 1.02. The van der Waals surface area contributed by atoms with Crippen molar-refractivity contribution in [3.63, 3.8) is 0 Å². The molecule has 0 spiro atoms. The maximum absolute atomic E-state index is 9.73. The van der Waals surface area contributed by atoms with E-state index in [1.165, 1.54) is 6.33 Å². The third kappa shape index (κ3) is 1.75. The maximum Gasteiger partial charge on any atom is 0.166 e. The van der Waals surface area contributed by atoms with Gasteiger partial charge in [0.05, 0.1) is 26.1 Å². The summed E-state index contributed by atoms with van der Waals surface area (Å²) in [4.78, 5) is 12.5. The molecule has 2 aliphatic rings. The maximum atomic E-state index is 9.73. The smallest absolute Gasteiger partial charge is 0.166 e. The summed E-state index contributed by atoms with van der Waals surface area (Å²) in [5, 5.41) is 10.1. The minimum atomic E-state index is -0.652. The lowest BCUT2D eigenvalue weighted by atomic mass is 9.81. The number of imidazole rings is 1. The molecule has 4 heterocycles. The Morgan fingerprint density at radius 2 is 2.33 bits per heavy atom. The van der Waals surface area contributed by atoms with Crippen molar-refractivity contribution < 1.29 is 14.6 Å². The number of nitrogens with zero attached hydrogens (tertiary/aromatic N) is 4. The minimum Gasteiger partial charge on any atom is -0.393 e. The second-order valence-electron chi connectivity index (χ2n) is 5.69. The Morgan fingerprint density at radius 3 is 3.10 bits per heavy atom. The molecule has 1 unspecified atom stereocenters. The molecule has 7 nitrogen and oxygen atoms in total. The Bertz CT molecular complexity index is 693. The second kappa shape index (κ2) is 4.61. The van der Waals surface area contributed by atoms with Crippen LogP contribution in [-0.2, 0) is 9.47 Å². The Hall–Kier alpha value is -1.28. The molecule has 0 amide bonds. The highest BCUT2D eigenvalue weighted by atomic mass is 35.5. The number of ether oxygens (including phenoxy) is 2. The van der Waals surface area contributed by atoms with Gasteiger partial charge in [-0.3, -0.25) is 4.57 Å². The molecule has 8 heteroatoms. The molecule has 2 aliphatic heterocycles. The fourth-order valence-corrected chi connectivity index (χ4v) is 3.51. The van der Waals surface area contributed by atoms with E-state index in [1.54, 1.807) is 6.33 Å². The molecular weight excluding hydrogens is 296 g/mol. The van der Waals surface area contributed by atoms with E-state index >= 15 is 0 Å². The largest absolute Gasteiger partial charge is 0.393 e. The van der Waals surface area contributed by atoms with Gasteiger partial charge in [0, 0.05) is 5.92 Å². The third-order valence-corrected chi connectivity index (χ3v) is 4.98. The molecule has 0 aromatic carbocycles. The lowest BCUT2D eigenvalue weighted by Crippen LogP contribution is -2.47. The average Bonchev–Trinajstić information content (AvgIpc) is 2.96. The summed E-state index contributed by atoms with van der Waals surface area (Å²) in [7, 11) is 0. The predicted molar refractivity (Wildman–Crippen MR) is 73.7 cm³/mol. The van der Waals surface area contributed by atoms with Gasteiger partial charge in [-0.05, 0) is 5.92 Å².